The average molecular weight is 424 g/mol. The van der Waals surface area contributed by atoms with E-state index in [9.17, 15) is 13.8 Å². The van der Waals surface area contributed by atoms with Crippen LogP contribution in [0.4, 0.5) is 0 Å². The Balaban J connectivity index is 3.16. The van der Waals surface area contributed by atoms with E-state index >= 15 is 0 Å². The van der Waals surface area contributed by atoms with E-state index < -0.39 is 33.8 Å². The lowest BCUT2D eigenvalue weighted by molar-refractivity contribution is -0.120. The quantitative estimate of drug-likeness (QED) is 0.468. The molecule has 1 aromatic rings. The number of thiophene rings is 1. The predicted molar refractivity (Wildman–Crippen MR) is 105 cm³/mol. The zero-order chi connectivity index (χ0) is 19.9. The molecule has 0 saturated heterocycles. The number of hydrogen-bond donors (Lipinski definition) is 4. The van der Waals surface area contributed by atoms with Gasteiger partial charge in [-0.25, -0.2) is 4.21 Å². The second-order valence-corrected chi connectivity index (χ2v) is 9.76. The fraction of sp³-hybridized carbons (Fsp3) is 0.600. The number of rotatable bonds is 9. The third-order valence-corrected chi connectivity index (χ3v) is 6.99. The zero-order valence-corrected chi connectivity index (χ0v) is 17.2. The Bertz CT molecular complexity index is 743. The monoisotopic (exact) mass is 423 g/mol. The summed E-state index contributed by atoms with van der Waals surface area (Å²) >= 11 is 6.91. The Labute approximate surface area is 163 Å². The van der Waals surface area contributed by atoms with Gasteiger partial charge in [0, 0.05) is 5.38 Å². The van der Waals surface area contributed by atoms with Gasteiger partial charge in [-0.15, -0.1) is 15.7 Å². The molecule has 0 fully saturated rings. The summed E-state index contributed by atoms with van der Waals surface area (Å²) in [5.41, 5.74) is 17.0. The van der Waals surface area contributed by atoms with Crippen molar-refractivity contribution in [2.24, 2.45) is 27.5 Å². The summed E-state index contributed by atoms with van der Waals surface area (Å²) < 4.78 is 19.5. The second-order valence-electron chi connectivity index (χ2n) is 6.28. The van der Waals surface area contributed by atoms with Crippen molar-refractivity contribution in [1.82, 2.24) is 4.72 Å². The molecule has 1 heterocycles. The van der Waals surface area contributed by atoms with Crippen LogP contribution in [0, 0.1) is 5.92 Å². The maximum Gasteiger partial charge on any atom is 0.272 e. The lowest BCUT2D eigenvalue weighted by Crippen LogP contribution is -2.44. The summed E-state index contributed by atoms with van der Waals surface area (Å²) in [5.74, 6) is -1.26. The molecule has 3 atom stereocenters. The van der Waals surface area contributed by atoms with Crippen LogP contribution >= 0.6 is 22.9 Å². The molecule has 0 aromatic carbocycles. The van der Waals surface area contributed by atoms with Crippen LogP contribution in [0.3, 0.4) is 0 Å². The largest absolute Gasteiger partial charge is 0.330 e. The Hall–Kier alpha value is -1.04. The molecule has 26 heavy (non-hydrogen) atoms. The fourth-order valence-corrected chi connectivity index (χ4v) is 5.14. The molecule has 2 amide bonds. The number of halogens is 1. The van der Waals surface area contributed by atoms with E-state index in [4.69, 9.17) is 28.8 Å². The summed E-state index contributed by atoms with van der Waals surface area (Å²) in [6.45, 7) is 4.19. The molecule has 11 heteroatoms. The number of carbonyl (C=O) groups is 2. The highest BCUT2D eigenvalue weighted by atomic mass is 35.5. The maximum absolute atomic E-state index is 13.3. The molecule has 7 N–H and O–H groups in total. The Kier molecular flexibility index (Phi) is 9.14. The summed E-state index contributed by atoms with van der Waals surface area (Å²) in [5, 5.41) is 1.86. The van der Waals surface area contributed by atoms with Gasteiger partial charge in [-0.05, 0) is 37.8 Å². The first-order valence-electron chi connectivity index (χ1n) is 8.17. The van der Waals surface area contributed by atoms with Crippen molar-refractivity contribution in [3.63, 3.8) is 0 Å². The van der Waals surface area contributed by atoms with Gasteiger partial charge >= 0.3 is 0 Å². The van der Waals surface area contributed by atoms with Crippen molar-refractivity contribution in [2.75, 3.05) is 6.54 Å². The molecule has 0 aliphatic carbocycles. The lowest BCUT2D eigenvalue weighted by atomic mass is 10.0. The standard InChI is InChI=1S/C15H26ClN5O3S2/c1-9(2)6-12(19)15(23)21-26(24,13-7-10(16)8-25-13)20-14(22)11(18)4-3-5-17/h7-9,11-12H,3-6,17-19H2,1-2H3,(H,20,21,22,23,24)/t11-,12-,26?/m0/s1. The Morgan fingerprint density at radius 1 is 1.35 bits per heavy atom. The molecular formula is C15H26ClN5O3S2. The van der Waals surface area contributed by atoms with Crippen LogP contribution in [0.15, 0.2) is 20.0 Å². The maximum atomic E-state index is 13.3. The van der Waals surface area contributed by atoms with Gasteiger partial charge in [-0.1, -0.05) is 25.4 Å². The number of hydrogen-bond acceptors (Lipinski definition) is 7. The van der Waals surface area contributed by atoms with Crippen molar-refractivity contribution in [3.05, 3.63) is 16.5 Å². The minimum atomic E-state index is -3.58. The van der Waals surface area contributed by atoms with E-state index in [2.05, 4.69) is 9.08 Å². The molecule has 0 aliphatic rings. The van der Waals surface area contributed by atoms with Crippen LogP contribution in [-0.4, -0.2) is 34.7 Å². The molecule has 8 nitrogen and oxygen atoms in total. The van der Waals surface area contributed by atoms with Gasteiger partial charge in [-0.3, -0.25) is 14.3 Å². The summed E-state index contributed by atoms with van der Waals surface area (Å²) in [6.07, 6.45) is 1.24. The van der Waals surface area contributed by atoms with Gasteiger partial charge in [0.1, 0.15) is 4.21 Å². The Morgan fingerprint density at radius 3 is 2.50 bits per heavy atom. The van der Waals surface area contributed by atoms with Gasteiger partial charge in [0.15, 0.2) is 9.92 Å². The van der Waals surface area contributed by atoms with E-state index in [0.717, 1.165) is 11.3 Å². The minimum Gasteiger partial charge on any atom is -0.330 e. The second kappa shape index (κ2) is 10.3. The molecule has 1 rings (SSSR count). The highest BCUT2D eigenvalue weighted by Crippen LogP contribution is 2.25. The van der Waals surface area contributed by atoms with Gasteiger partial charge in [0.25, 0.3) is 5.91 Å². The van der Waals surface area contributed by atoms with Gasteiger partial charge in [0.2, 0.25) is 5.91 Å². The van der Waals surface area contributed by atoms with Crippen LogP contribution in [-0.2, 0) is 19.5 Å². The fourth-order valence-electron chi connectivity index (χ4n) is 2.04. The molecule has 0 radical (unpaired) electrons. The number of nitrogens with two attached hydrogens (primary N) is 3. The summed E-state index contributed by atoms with van der Waals surface area (Å²) in [4.78, 5) is 24.6. The van der Waals surface area contributed by atoms with Gasteiger partial charge < -0.3 is 17.2 Å². The smallest absolute Gasteiger partial charge is 0.272 e. The number of amides is 2. The zero-order valence-electron chi connectivity index (χ0n) is 14.8. The first-order chi connectivity index (χ1) is 12.1. The third kappa shape index (κ3) is 6.93. The van der Waals surface area contributed by atoms with E-state index in [1.807, 2.05) is 13.8 Å². The SMILES string of the molecule is CC(C)C[C@H](N)C(=O)N=S(=O)(NC(=O)[C@@H](N)CCCN)c1cc(Cl)cs1. The summed E-state index contributed by atoms with van der Waals surface area (Å²) in [7, 11) is -3.58. The molecule has 0 aliphatic heterocycles. The van der Waals surface area contributed by atoms with Crippen molar-refractivity contribution in [2.45, 2.75) is 49.4 Å². The molecule has 0 spiro atoms. The highest BCUT2D eigenvalue weighted by molar-refractivity contribution is 7.94. The first kappa shape index (κ1) is 23.0. The van der Waals surface area contributed by atoms with Gasteiger partial charge in [0.05, 0.1) is 17.1 Å². The van der Waals surface area contributed by atoms with Gasteiger partial charge in [-0.2, -0.15) is 0 Å². The van der Waals surface area contributed by atoms with Crippen molar-refractivity contribution in [1.29, 1.82) is 0 Å². The van der Waals surface area contributed by atoms with E-state index in [0.29, 0.717) is 30.8 Å². The van der Waals surface area contributed by atoms with Crippen LogP contribution in [0.1, 0.15) is 33.1 Å². The number of nitrogens with zero attached hydrogens (tertiary/aromatic N) is 1. The normalized spacial score (nSPS) is 16.0. The first-order valence-corrected chi connectivity index (χ1v) is 10.9. The summed E-state index contributed by atoms with van der Waals surface area (Å²) in [6, 6.07) is -0.427. The van der Waals surface area contributed by atoms with Crippen molar-refractivity contribution < 1.29 is 13.8 Å². The highest BCUT2D eigenvalue weighted by Gasteiger charge is 2.25. The molecular weight excluding hydrogens is 398 g/mol. The molecule has 148 valence electrons. The molecule has 0 saturated carbocycles. The average Bonchev–Trinajstić information content (AvgIpc) is 2.98. The molecule has 0 bridgehead atoms. The molecule has 1 aromatic heterocycles. The lowest BCUT2D eigenvalue weighted by Gasteiger charge is -2.16. The van der Waals surface area contributed by atoms with Crippen LogP contribution in [0.2, 0.25) is 5.02 Å². The predicted octanol–water partition coefficient (Wildman–Crippen LogP) is 1.23. The number of carbonyl (C=O) groups excluding carboxylic acids is 2. The van der Waals surface area contributed by atoms with Crippen molar-refractivity contribution >= 4 is 44.7 Å². The number of nitrogens with one attached hydrogen (secondary N) is 1. The van der Waals surface area contributed by atoms with Crippen molar-refractivity contribution in [3.8, 4) is 0 Å². The van der Waals surface area contributed by atoms with E-state index in [1.54, 1.807) is 0 Å². The topological polar surface area (TPSA) is 154 Å². The molecule has 1 unspecified atom stereocenters. The van der Waals surface area contributed by atoms with Crippen LogP contribution in [0.5, 0.6) is 0 Å². The minimum absolute atomic E-state index is 0.159. The van der Waals surface area contributed by atoms with Crippen LogP contribution < -0.4 is 21.9 Å². The van der Waals surface area contributed by atoms with Crippen LogP contribution in [0.25, 0.3) is 0 Å². The van der Waals surface area contributed by atoms with E-state index in [-0.39, 0.29) is 10.1 Å². The Morgan fingerprint density at radius 2 is 2.00 bits per heavy atom. The van der Waals surface area contributed by atoms with E-state index in [1.165, 1.54) is 11.4 Å². The third-order valence-electron chi connectivity index (χ3n) is 3.37.